The van der Waals surface area contributed by atoms with Crippen molar-refractivity contribution >= 4 is 28.2 Å². The summed E-state index contributed by atoms with van der Waals surface area (Å²) >= 11 is 0. The second kappa shape index (κ2) is 9.11. The van der Waals surface area contributed by atoms with E-state index in [2.05, 4.69) is 10.2 Å². The molecule has 1 fully saturated rings. The van der Waals surface area contributed by atoms with Gasteiger partial charge in [0.2, 0.25) is 5.43 Å². The van der Waals surface area contributed by atoms with E-state index in [0.717, 1.165) is 11.4 Å². The Morgan fingerprint density at radius 2 is 1.85 bits per heavy atom. The molecule has 3 aromatic rings. The topological polar surface area (TPSA) is 87.0 Å². The largest absolute Gasteiger partial charge is 0.495 e. The summed E-state index contributed by atoms with van der Waals surface area (Å²) in [5.41, 5.74) is 1.54. The Morgan fingerprint density at radius 1 is 1.18 bits per heavy atom. The third kappa shape index (κ3) is 4.00. The average Bonchev–Trinajstić information content (AvgIpc) is 2.81. The Labute approximate surface area is 190 Å². The van der Waals surface area contributed by atoms with Gasteiger partial charge in [-0.15, -0.1) is 0 Å². The summed E-state index contributed by atoms with van der Waals surface area (Å²) in [6.07, 6.45) is 1.30. The third-order valence-corrected chi connectivity index (χ3v) is 6.09. The average molecular weight is 455 g/mol. The van der Waals surface area contributed by atoms with E-state index in [1.54, 1.807) is 25.8 Å². The number of nitrogens with zero attached hydrogens (tertiary/aromatic N) is 3. The molecule has 2 aromatic carbocycles. The van der Waals surface area contributed by atoms with Crippen molar-refractivity contribution in [3.05, 3.63) is 63.7 Å². The second-order valence-corrected chi connectivity index (χ2v) is 8.05. The zero-order valence-electron chi connectivity index (χ0n) is 18.9. The number of nitrogens with one attached hydrogen (secondary N) is 1. The van der Waals surface area contributed by atoms with Crippen molar-refractivity contribution < 1.29 is 19.0 Å². The fourth-order valence-corrected chi connectivity index (χ4v) is 4.62. The van der Waals surface area contributed by atoms with E-state index in [0.29, 0.717) is 49.5 Å². The van der Waals surface area contributed by atoms with E-state index < -0.39 is 17.2 Å². The zero-order chi connectivity index (χ0) is 23.7. The van der Waals surface area contributed by atoms with Gasteiger partial charge in [-0.05, 0) is 25.2 Å². The van der Waals surface area contributed by atoms with Gasteiger partial charge in [-0.1, -0.05) is 12.1 Å². The van der Waals surface area contributed by atoms with Gasteiger partial charge in [0.05, 0.1) is 24.0 Å². The van der Waals surface area contributed by atoms with Crippen LogP contribution in [-0.2, 0) is 13.6 Å². The second-order valence-electron chi connectivity index (χ2n) is 8.05. The number of rotatable bonds is 6. The van der Waals surface area contributed by atoms with Gasteiger partial charge in [-0.25, -0.2) is 9.18 Å². The van der Waals surface area contributed by atoms with Gasteiger partial charge in [0, 0.05) is 56.9 Å². The molecule has 0 radical (unpaired) electrons. The molecule has 1 aromatic heterocycles. The van der Waals surface area contributed by atoms with Crippen molar-refractivity contribution in [1.29, 1.82) is 0 Å². The maximum atomic E-state index is 15.5. The van der Waals surface area contributed by atoms with E-state index >= 15 is 4.39 Å². The molecule has 33 heavy (non-hydrogen) atoms. The number of aryl methyl sites for hydroxylation is 1. The van der Waals surface area contributed by atoms with E-state index in [4.69, 9.17) is 4.74 Å². The number of aromatic carboxylic acids is 1. The molecule has 1 aliphatic heterocycles. The Balaban J connectivity index is 1.75. The molecule has 1 aliphatic rings. The minimum atomic E-state index is -1.33. The molecule has 0 atom stereocenters. The van der Waals surface area contributed by atoms with Crippen LogP contribution in [0.5, 0.6) is 5.75 Å². The van der Waals surface area contributed by atoms with Gasteiger partial charge < -0.3 is 29.5 Å². The fraction of sp³-hybridized carbons (Fsp3) is 0.333. The molecule has 174 valence electrons. The number of para-hydroxylation sites is 2. The van der Waals surface area contributed by atoms with Crippen LogP contribution in [0, 0.1) is 5.82 Å². The highest BCUT2D eigenvalue weighted by Gasteiger charge is 2.27. The number of carbonyl (C=O) groups is 1. The first-order chi connectivity index (χ1) is 15.9. The SMILES string of the molecule is CNCc1c(N2CCN(c3ccccc3OC)CC2)c(F)cc2c(=O)c(C(=O)O)cn(C)c12. The van der Waals surface area contributed by atoms with Crippen molar-refractivity contribution in [3.63, 3.8) is 0 Å². The van der Waals surface area contributed by atoms with Crippen molar-refractivity contribution in [3.8, 4) is 5.75 Å². The Bertz CT molecular complexity index is 1270. The Hall–Kier alpha value is -3.59. The van der Waals surface area contributed by atoms with E-state index in [-0.39, 0.29) is 10.9 Å². The van der Waals surface area contributed by atoms with Gasteiger partial charge in [0.25, 0.3) is 0 Å². The number of fused-ring (bicyclic) bond motifs is 1. The minimum Gasteiger partial charge on any atom is -0.495 e. The molecular weight excluding hydrogens is 427 g/mol. The first-order valence-corrected chi connectivity index (χ1v) is 10.7. The molecule has 0 amide bonds. The molecule has 8 nitrogen and oxygen atoms in total. The lowest BCUT2D eigenvalue weighted by molar-refractivity contribution is 0.0695. The minimum absolute atomic E-state index is 0.0663. The summed E-state index contributed by atoms with van der Waals surface area (Å²) < 4.78 is 22.6. The summed E-state index contributed by atoms with van der Waals surface area (Å²) in [4.78, 5) is 28.4. The number of piperazine rings is 1. The van der Waals surface area contributed by atoms with E-state index in [1.165, 1.54) is 12.3 Å². The van der Waals surface area contributed by atoms with E-state index in [9.17, 15) is 14.7 Å². The van der Waals surface area contributed by atoms with Crippen LogP contribution >= 0.6 is 0 Å². The van der Waals surface area contributed by atoms with Crippen LogP contribution in [0.1, 0.15) is 15.9 Å². The smallest absolute Gasteiger partial charge is 0.341 e. The highest BCUT2D eigenvalue weighted by atomic mass is 19.1. The molecule has 0 saturated carbocycles. The Kier molecular flexibility index (Phi) is 6.24. The molecule has 9 heteroatoms. The molecule has 0 unspecified atom stereocenters. The molecular formula is C24H27FN4O4. The van der Waals surface area contributed by atoms with Crippen LogP contribution in [0.2, 0.25) is 0 Å². The number of ether oxygens (including phenoxy) is 1. The number of aromatic nitrogens is 1. The van der Waals surface area contributed by atoms with Crippen molar-refractivity contribution in [2.75, 3.05) is 50.1 Å². The molecule has 0 bridgehead atoms. The molecule has 4 rings (SSSR count). The highest BCUT2D eigenvalue weighted by molar-refractivity contribution is 5.95. The molecule has 2 heterocycles. The summed E-state index contributed by atoms with van der Waals surface area (Å²) in [7, 11) is 5.07. The fourth-order valence-electron chi connectivity index (χ4n) is 4.62. The maximum absolute atomic E-state index is 15.5. The quantitative estimate of drug-likeness (QED) is 0.592. The predicted octanol–water partition coefficient (Wildman–Crippen LogP) is 2.43. The standard InChI is InChI=1S/C24H27FN4O4/c1-26-13-16-21-15(23(30)17(24(31)32)14-27(21)2)12-18(25)22(16)29-10-8-28(9-11-29)19-6-4-5-7-20(19)33-3/h4-7,12,14,26H,8-11,13H2,1-3H3,(H,31,32). The molecule has 0 spiro atoms. The Morgan fingerprint density at radius 3 is 2.48 bits per heavy atom. The number of pyridine rings is 1. The van der Waals surface area contributed by atoms with Crippen LogP contribution in [0.4, 0.5) is 15.8 Å². The number of hydrogen-bond donors (Lipinski definition) is 2. The highest BCUT2D eigenvalue weighted by Crippen LogP contribution is 2.34. The number of hydrogen-bond acceptors (Lipinski definition) is 6. The van der Waals surface area contributed by atoms with Crippen molar-refractivity contribution in [1.82, 2.24) is 9.88 Å². The summed E-state index contributed by atoms with van der Waals surface area (Å²) in [6.45, 7) is 2.84. The first-order valence-electron chi connectivity index (χ1n) is 10.7. The van der Waals surface area contributed by atoms with Crippen molar-refractivity contribution in [2.24, 2.45) is 7.05 Å². The van der Waals surface area contributed by atoms with Gasteiger partial charge in [0.15, 0.2) is 0 Å². The number of anilines is 2. The van der Waals surface area contributed by atoms with Crippen LogP contribution in [-0.4, -0.2) is 56.0 Å². The van der Waals surface area contributed by atoms with E-state index in [1.807, 2.05) is 29.2 Å². The van der Waals surface area contributed by atoms with Gasteiger partial charge in [0.1, 0.15) is 17.1 Å². The summed E-state index contributed by atoms with van der Waals surface area (Å²) in [5, 5.41) is 12.5. The van der Waals surface area contributed by atoms with Crippen LogP contribution < -0.4 is 25.3 Å². The number of benzene rings is 2. The first kappa shape index (κ1) is 22.6. The zero-order valence-corrected chi connectivity index (χ0v) is 18.9. The van der Waals surface area contributed by atoms with Gasteiger partial charge in [-0.2, -0.15) is 0 Å². The number of carboxylic acid groups (broad SMARTS) is 1. The lowest BCUT2D eigenvalue weighted by Crippen LogP contribution is -2.47. The third-order valence-electron chi connectivity index (χ3n) is 6.09. The molecule has 0 aliphatic carbocycles. The van der Waals surface area contributed by atoms with Crippen LogP contribution in [0.3, 0.4) is 0 Å². The van der Waals surface area contributed by atoms with Crippen LogP contribution in [0.25, 0.3) is 10.9 Å². The number of methoxy groups -OCH3 is 1. The lowest BCUT2D eigenvalue weighted by atomic mass is 10.0. The molecule has 2 N–H and O–H groups in total. The maximum Gasteiger partial charge on any atom is 0.341 e. The monoisotopic (exact) mass is 454 g/mol. The summed E-state index contributed by atoms with van der Waals surface area (Å²) in [6, 6.07) is 8.98. The lowest BCUT2D eigenvalue weighted by Gasteiger charge is -2.39. The number of carboxylic acids is 1. The van der Waals surface area contributed by atoms with Crippen LogP contribution in [0.15, 0.2) is 41.3 Å². The summed E-state index contributed by atoms with van der Waals surface area (Å²) in [5.74, 6) is -1.06. The van der Waals surface area contributed by atoms with Gasteiger partial charge in [-0.3, -0.25) is 4.79 Å². The predicted molar refractivity (Wildman–Crippen MR) is 126 cm³/mol. The molecule has 1 saturated heterocycles. The van der Waals surface area contributed by atoms with Gasteiger partial charge >= 0.3 is 5.97 Å². The normalized spacial score (nSPS) is 14.1. The van der Waals surface area contributed by atoms with Crippen molar-refractivity contribution in [2.45, 2.75) is 6.54 Å². The number of halogens is 1.